The molecule has 17 heavy (non-hydrogen) atoms. The lowest BCUT2D eigenvalue weighted by Gasteiger charge is -2.34. The maximum absolute atomic E-state index is 12.5. The van der Waals surface area contributed by atoms with Crippen LogP contribution in [-0.4, -0.2) is 29.7 Å². The first-order valence-corrected chi connectivity index (χ1v) is 6.96. The van der Waals surface area contributed by atoms with E-state index in [1.807, 2.05) is 11.8 Å². The Kier molecular flexibility index (Phi) is 2.72. The number of likely N-dealkylation sites (tertiary alicyclic amines) is 1. The van der Waals surface area contributed by atoms with Gasteiger partial charge in [0.15, 0.2) is 0 Å². The van der Waals surface area contributed by atoms with Crippen molar-refractivity contribution in [1.29, 1.82) is 0 Å². The fraction of sp³-hybridized carbons (Fsp3) is 0.857. The lowest BCUT2D eigenvalue weighted by Crippen LogP contribution is -2.46. The summed E-state index contributed by atoms with van der Waals surface area (Å²) in [6.45, 7) is 3.27. The lowest BCUT2D eigenvalue weighted by atomic mass is 9.86. The molecule has 94 valence electrons. The Hall–Kier alpha value is -0.860. The maximum atomic E-state index is 12.5. The second-order valence-corrected chi connectivity index (χ2v) is 6.18. The Morgan fingerprint density at radius 3 is 2.71 bits per heavy atom. The third-order valence-electron chi connectivity index (χ3n) is 5.04. The molecule has 3 rings (SSSR count). The Bertz CT molecular complexity index is 352. The van der Waals surface area contributed by atoms with E-state index in [-0.39, 0.29) is 11.8 Å². The normalized spacial score (nSPS) is 41.0. The molecule has 1 heterocycles. The van der Waals surface area contributed by atoms with Crippen LogP contribution in [0.3, 0.4) is 0 Å². The molecule has 0 N–H and O–H groups in total. The summed E-state index contributed by atoms with van der Waals surface area (Å²) in [5.41, 5.74) is 0. The summed E-state index contributed by atoms with van der Waals surface area (Å²) >= 11 is 0. The number of ketones is 1. The summed E-state index contributed by atoms with van der Waals surface area (Å²) in [5.74, 6) is 2.47. The van der Waals surface area contributed by atoms with Gasteiger partial charge in [-0.1, -0.05) is 13.3 Å². The molecule has 0 radical (unpaired) electrons. The molecule has 0 aromatic heterocycles. The molecule has 3 aliphatic rings. The average Bonchev–Trinajstić information content (AvgIpc) is 2.93. The fourth-order valence-electron chi connectivity index (χ4n) is 4.00. The van der Waals surface area contributed by atoms with Crippen molar-refractivity contribution in [3.63, 3.8) is 0 Å². The number of Topliss-reactive ketones (excluding diaryl/α,β-unsaturated/α-hetero) is 1. The Morgan fingerprint density at radius 1 is 1.29 bits per heavy atom. The van der Waals surface area contributed by atoms with E-state index in [0.29, 0.717) is 37.1 Å². The van der Waals surface area contributed by atoms with Crippen LogP contribution in [0.2, 0.25) is 0 Å². The monoisotopic (exact) mass is 235 g/mol. The fourth-order valence-corrected chi connectivity index (χ4v) is 4.00. The van der Waals surface area contributed by atoms with Crippen molar-refractivity contribution < 1.29 is 9.59 Å². The molecule has 3 nitrogen and oxygen atoms in total. The SMILES string of the molecule is CC1CN(C(=O)C2CC3CCC2C3)CCC1=O. The van der Waals surface area contributed by atoms with Gasteiger partial charge in [0.2, 0.25) is 5.91 Å². The van der Waals surface area contributed by atoms with E-state index < -0.39 is 0 Å². The maximum Gasteiger partial charge on any atom is 0.226 e. The molecule has 0 aromatic carbocycles. The molecule has 2 aliphatic carbocycles. The highest BCUT2D eigenvalue weighted by Gasteiger charge is 2.45. The smallest absolute Gasteiger partial charge is 0.226 e. The zero-order chi connectivity index (χ0) is 12.0. The summed E-state index contributed by atoms with van der Waals surface area (Å²) in [4.78, 5) is 25.9. The molecule has 2 bridgehead atoms. The van der Waals surface area contributed by atoms with Gasteiger partial charge >= 0.3 is 0 Å². The minimum atomic E-state index is 0.0475. The van der Waals surface area contributed by atoms with E-state index >= 15 is 0 Å². The van der Waals surface area contributed by atoms with E-state index in [0.717, 1.165) is 12.3 Å². The van der Waals surface area contributed by atoms with Crippen molar-refractivity contribution in [2.45, 2.75) is 39.0 Å². The Balaban J connectivity index is 1.65. The van der Waals surface area contributed by atoms with Crippen molar-refractivity contribution in [3.05, 3.63) is 0 Å². The van der Waals surface area contributed by atoms with Crippen LogP contribution >= 0.6 is 0 Å². The van der Waals surface area contributed by atoms with Crippen LogP contribution in [0.25, 0.3) is 0 Å². The van der Waals surface area contributed by atoms with Gasteiger partial charge in [-0.15, -0.1) is 0 Å². The molecular weight excluding hydrogens is 214 g/mol. The van der Waals surface area contributed by atoms with Gasteiger partial charge in [0.1, 0.15) is 5.78 Å². The summed E-state index contributed by atoms with van der Waals surface area (Å²) in [5, 5.41) is 0. The van der Waals surface area contributed by atoms with Gasteiger partial charge in [0.05, 0.1) is 0 Å². The molecule has 0 aromatic rings. The highest BCUT2D eigenvalue weighted by molar-refractivity contribution is 5.86. The molecule has 3 heteroatoms. The predicted molar refractivity (Wildman–Crippen MR) is 64.3 cm³/mol. The van der Waals surface area contributed by atoms with Gasteiger partial charge in [-0.3, -0.25) is 9.59 Å². The highest BCUT2D eigenvalue weighted by atomic mass is 16.2. The molecule has 4 unspecified atom stereocenters. The van der Waals surface area contributed by atoms with E-state index in [2.05, 4.69) is 0 Å². The lowest BCUT2D eigenvalue weighted by molar-refractivity contribution is -0.141. The first-order valence-electron chi connectivity index (χ1n) is 6.96. The van der Waals surface area contributed by atoms with Gasteiger partial charge in [-0.25, -0.2) is 0 Å². The van der Waals surface area contributed by atoms with E-state index in [1.165, 1.54) is 19.3 Å². The quantitative estimate of drug-likeness (QED) is 0.695. The molecule has 0 spiro atoms. The highest BCUT2D eigenvalue weighted by Crippen LogP contribution is 2.49. The second kappa shape index (κ2) is 4.11. The average molecular weight is 235 g/mol. The van der Waals surface area contributed by atoms with Crippen LogP contribution in [0.5, 0.6) is 0 Å². The number of fused-ring (bicyclic) bond motifs is 2. The van der Waals surface area contributed by atoms with Crippen LogP contribution in [0.1, 0.15) is 39.0 Å². The number of carbonyl (C=O) groups excluding carboxylic acids is 2. The van der Waals surface area contributed by atoms with Gasteiger partial charge in [-0.05, 0) is 31.1 Å². The number of hydrogen-bond acceptors (Lipinski definition) is 2. The molecule has 1 aliphatic heterocycles. The standard InChI is InChI=1S/C14H21NO2/c1-9-8-15(5-4-13(9)16)14(17)12-7-10-2-3-11(12)6-10/h9-12H,2-8H2,1H3. The van der Waals surface area contributed by atoms with Crippen LogP contribution in [-0.2, 0) is 9.59 Å². The summed E-state index contributed by atoms with van der Waals surface area (Å²) in [6, 6.07) is 0. The van der Waals surface area contributed by atoms with E-state index in [9.17, 15) is 9.59 Å². The molecule has 3 fully saturated rings. The number of carbonyl (C=O) groups is 2. The molecule has 4 atom stereocenters. The summed E-state index contributed by atoms with van der Waals surface area (Å²) in [6.07, 6.45) is 5.54. The predicted octanol–water partition coefficient (Wildman–Crippen LogP) is 1.86. The van der Waals surface area contributed by atoms with E-state index in [1.54, 1.807) is 0 Å². The van der Waals surface area contributed by atoms with Crippen molar-refractivity contribution in [2.75, 3.05) is 13.1 Å². The van der Waals surface area contributed by atoms with Crippen molar-refractivity contribution in [2.24, 2.45) is 23.7 Å². The van der Waals surface area contributed by atoms with Crippen LogP contribution in [0, 0.1) is 23.7 Å². The van der Waals surface area contributed by atoms with Crippen LogP contribution < -0.4 is 0 Å². The topological polar surface area (TPSA) is 37.4 Å². The van der Waals surface area contributed by atoms with Gasteiger partial charge in [0, 0.05) is 31.3 Å². The van der Waals surface area contributed by atoms with Crippen LogP contribution in [0.15, 0.2) is 0 Å². The second-order valence-electron chi connectivity index (χ2n) is 6.18. The van der Waals surface area contributed by atoms with Gasteiger partial charge in [0.25, 0.3) is 0 Å². The number of rotatable bonds is 1. The molecule has 1 amide bonds. The summed E-state index contributed by atoms with van der Waals surface area (Å²) in [7, 11) is 0. The van der Waals surface area contributed by atoms with Gasteiger partial charge in [-0.2, -0.15) is 0 Å². The first-order chi connectivity index (χ1) is 8.15. The van der Waals surface area contributed by atoms with Crippen molar-refractivity contribution >= 4 is 11.7 Å². The molecule has 2 saturated carbocycles. The minimum absolute atomic E-state index is 0.0475. The first kappa shape index (κ1) is 11.2. The Labute approximate surface area is 103 Å². The third kappa shape index (κ3) is 1.90. The van der Waals surface area contributed by atoms with Crippen molar-refractivity contribution in [3.8, 4) is 0 Å². The molecule has 1 saturated heterocycles. The zero-order valence-electron chi connectivity index (χ0n) is 10.5. The minimum Gasteiger partial charge on any atom is -0.341 e. The number of hydrogen-bond donors (Lipinski definition) is 0. The third-order valence-corrected chi connectivity index (χ3v) is 5.04. The molecular formula is C14H21NO2. The van der Waals surface area contributed by atoms with Gasteiger partial charge < -0.3 is 4.90 Å². The summed E-state index contributed by atoms with van der Waals surface area (Å²) < 4.78 is 0. The number of piperidine rings is 1. The number of nitrogens with zero attached hydrogens (tertiary/aromatic N) is 1. The van der Waals surface area contributed by atoms with E-state index in [4.69, 9.17) is 0 Å². The van der Waals surface area contributed by atoms with Crippen LogP contribution in [0.4, 0.5) is 0 Å². The van der Waals surface area contributed by atoms with Crippen molar-refractivity contribution in [1.82, 2.24) is 4.90 Å². The zero-order valence-corrected chi connectivity index (χ0v) is 10.5. The largest absolute Gasteiger partial charge is 0.341 e. The Morgan fingerprint density at radius 2 is 2.12 bits per heavy atom. The number of amides is 1.